The first-order valence-corrected chi connectivity index (χ1v) is 8.35. The molecule has 0 radical (unpaired) electrons. The van der Waals surface area contributed by atoms with Gasteiger partial charge in [-0.25, -0.2) is 9.07 Å². The third kappa shape index (κ3) is 4.64. The molecular weight excluding hydrogens is 335 g/mol. The van der Waals surface area contributed by atoms with Crippen LogP contribution in [0.15, 0.2) is 67.0 Å². The number of thiocarbonyl (C=S) groups is 1. The molecule has 4 nitrogen and oxygen atoms in total. The molecular formula is C19H19FN4S. The first-order chi connectivity index (χ1) is 12.1. The first kappa shape index (κ1) is 17.1. The number of rotatable bonds is 5. The van der Waals surface area contributed by atoms with Crippen LogP contribution in [-0.2, 0) is 13.1 Å². The third-order valence-corrected chi connectivity index (χ3v) is 4.24. The normalized spacial score (nSPS) is 10.5. The Morgan fingerprint density at radius 1 is 1.12 bits per heavy atom. The van der Waals surface area contributed by atoms with Gasteiger partial charge in [0.25, 0.3) is 0 Å². The van der Waals surface area contributed by atoms with E-state index in [1.54, 1.807) is 12.1 Å². The standard InChI is InChI=1S/C19H19FN4S/c1-23(19(25)21-11-15-7-9-17(20)10-8-15)13-16-12-22-24(14-16)18-5-3-2-4-6-18/h2-10,12,14H,11,13H2,1H3,(H,21,25). The molecule has 0 unspecified atom stereocenters. The van der Waals surface area contributed by atoms with E-state index in [4.69, 9.17) is 12.2 Å². The molecule has 0 aliphatic rings. The van der Waals surface area contributed by atoms with Crippen LogP contribution in [0.3, 0.4) is 0 Å². The van der Waals surface area contributed by atoms with Gasteiger partial charge in [0.1, 0.15) is 5.82 Å². The Morgan fingerprint density at radius 2 is 1.84 bits per heavy atom. The van der Waals surface area contributed by atoms with Crippen LogP contribution in [0.4, 0.5) is 4.39 Å². The SMILES string of the molecule is CN(Cc1cnn(-c2ccccc2)c1)C(=S)NCc1ccc(F)cc1. The van der Waals surface area contributed by atoms with Gasteiger partial charge >= 0.3 is 0 Å². The molecule has 3 aromatic rings. The number of benzene rings is 2. The summed E-state index contributed by atoms with van der Waals surface area (Å²) < 4.78 is 14.8. The van der Waals surface area contributed by atoms with Crippen molar-refractivity contribution in [3.05, 3.63) is 83.9 Å². The summed E-state index contributed by atoms with van der Waals surface area (Å²) in [7, 11) is 1.93. The van der Waals surface area contributed by atoms with Gasteiger partial charge in [0, 0.05) is 31.9 Å². The highest BCUT2D eigenvalue weighted by Crippen LogP contribution is 2.09. The number of hydrogen-bond donors (Lipinski definition) is 1. The minimum Gasteiger partial charge on any atom is -0.358 e. The van der Waals surface area contributed by atoms with Crippen LogP contribution in [-0.4, -0.2) is 26.8 Å². The van der Waals surface area contributed by atoms with Crippen LogP contribution in [0.25, 0.3) is 5.69 Å². The highest BCUT2D eigenvalue weighted by molar-refractivity contribution is 7.80. The molecule has 0 saturated heterocycles. The van der Waals surface area contributed by atoms with Crippen molar-refractivity contribution in [3.8, 4) is 5.69 Å². The van der Waals surface area contributed by atoms with E-state index in [1.165, 1.54) is 12.1 Å². The van der Waals surface area contributed by atoms with Gasteiger partial charge in [0.15, 0.2) is 5.11 Å². The number of para-hydroxylation sites is 1. The smallest absolute Gasteiger partial charge is 0.169 e. The highest BCUT2D eigenvalue weighted by atomic mass is 32.1. The summed E-state index contributed by atoms with van der Waals surface area (Å²) in [6, 6.07) is 16.3. The lowest BCUT2D eigenvalue weighted by atomic mass is 10.2. The predicted octanol–water partition coefficient (Wildman–Crippen LogP) is 3.52. The summed E-state index contributed by atoms with van der Waals surface area (Å²) in [5.41, 5.74) is 3.07. The van der Waals surface area contributed by atoms with Crippen LogP contribution in [0.2, 0.25) is 0 Å². The zero-order valence-electron chi connectivity index (χ0n) is 13.9. The molecule has 3 rings (SSSR count). The minimum absolute atomic E-state index is 0.237. The van der Waals surface area contributed by atoms with E-state index in [-0.39, 0.29) is 5.82 Å². The van der Waals surface area contributed by atoms with E-state index >= 15 is 0 Å². The van der Waals surface area contributed by atoms with E-state index < -0.39 is 0 Å². The Bertz CT molecular complexity index is 830. The van der Waals surface area contributed by atoms with Crippen LogP contribution in [0.5, 0.6) is 0 Å². The van der Waals surface area contributed by atoms with Crippen LogP contribution < -0.4 is 5.32 Å². The van der Waals surface area contributed by atoms with E-state index in [1.807, 2.05) is 59.4 Å². The van der Waals surface area contributed by atoms with Crippen molar-refractivity contribution in [1.82, 2.24) is 20.0 Å². The summed E-state index contributed by atoms with van der Waals surface area (Å²) in [6.45, 7) is 1.22. The van der Waals surface area contributed by atoms with Gasteiger partial charge < -0.3 is 10.2 Å². The van der Waals surface area contributed by atoms with Gasteiger partial charge in [-0.2, -0.15) is 5.10 Å². The zero-order chi connectivity index (χ0) is 17.6. The maximum absolute atomic E-state index is 12.9. The summed E-state index contributed by atoms with van der Waals surface area (Å²) in [4.78, 5) is 1.95. The monoisotopic (exact) mass is 354 g/mol. The van der Waals surface area contributed by atoms with Gasteiger partial charge in [-0.1, -0.05) is 30.3 Å². The summed E-state index contributed by atoms with van der Waals surface area (Å²) in [5.74, 6) is -0.237. The van der Waals surface area contributed by atoms with Gasteiger partial charge in [0.2, 0.25) is 0 Å². The van der Waals surface area contributed by atoms with E-state index in [0.29, 0.717) is 18.2 Å². The topological polar surface area (TPSA) is 33.1 Å². The first-order valence-electron chi connectivity index (χ1n) is 7.94. The molecule has 0 amide bonds. The largest absolute Gasteiger partial charge is 0.358 e. The predicted molar refractivity (Wildman–Crippen MR) is 101 cm³/mol. The zero-order valence-corrected chi connectivity index (χ0v) is 14.7. The molecule has 128 valence electrons. The van der Waals surface area contributed by atoms with E-state index in [2.05, 4.69) is 10.4 Å². The van der Waals surface area contributed by atoms with Crippen molar-refractivity contribution in [3.63, 3.8) is 0 Å². The average Bonchev–Trinajstić information content (AvgIpc) is 3.10. The van der Waals surface area contributed by atoms with Crippen molar-refractivity contribution in [2.24, 2.45) is 0 Å². The molecule has 6 heteroatoms. The molecule has 2 aromatic carbocycles. The molecule has 25 heavy (non-hydrogen) atoms. The van der Waals surface area contributed by atoms with Crippen LogP contribution in [0, 0.1) is 5.82 Å². The fraction of sp³-hybridized carbons (Fsp3) is 0.158. The second-order valence-electron chi connectivity index (χ2n) is 5.77. The average molecular weight is 354 g/mol. The Balaban J connectivity index is 1.54. The van der Waals surface area contributed by atoms with Crippen LogP contribution in [0.1, 0.15) is 11.1 Å². The Hall–Kier alpha value is -2.73. The Kier molecular flexibility index (Phi) is 5.40. The minimum atomic E-state index is -0.237. The maximum Gasteiger partial charge on any atom is 0.169 e. The number of hydrogen-bond acceptors (Lipinski definition) is 2. The van der Waals surface area contributed by atoms with E-state index in [0.717, 1.165) is 16.8 Å². The highest BCUT2D eigenvalue weighted by Gasteiger charge is 2.07. The van der Waals surface area contributed by atoms with Crippen molar-refractivity contribution >= 4 is 17.3 Å². The second kappa shape index (κ2) is 7.90. The van der Waals surface area contributed by atoms with Crippen molar-refractivity contribution in [2.45, 2.75) is 13.1 Å². The van der Waals surface area contributed by atoms with Gasteiger partial charge in [-0.05, 0) is 42.0 Å². The molecule has 1 heterocycles. The molecule has 0 bridgehead atoms. The quantitative estimate of drug-likeness (QED) is 0.711. The lowest BCUT2D eigenvalue weighted by molar-refractivity contribution is 0.488. The van der Waals surface area contributed by atoms with E-state index in [9.17, 15) is 4.39 Å². The van der Waals surface area contributed by atoms with Crippen molar-refractivity contribution in [2.75, 3.05) is 7.05 Å². The maximum atomic E-state index is 12.9. The molecule has 1 N–H and O–H groups in total. The fourth-order valence-electron chi connectivity index (χ4n) is 2.42. The third-order valence-electron chi connectivity index (χ3n) is 3.78. The van der Waals surface area contributed by atoms with Gasteiger partial charge in [-0.3, -0.25) is 0 Å². The summed E-state index contributed by atoms with van der Waals surface area (Å²) in [5, 5.41) is 8.21. The lowest BCUT2D eigenvalue weighted by Gasteiger charge is -2.20. The molecule has 0 saturated carbocycles. The van der Waals surface area contributed by atoms with Gasteiger partial charge in [0.05, 0.1) is 11.9 Å². The molecule has 1 aromatic heterocycles. The van der Waals surface area contributed by atoms with Crippen LogP contribution >= 0.6 is 12.2 Å². The Labute approximate surface area is 151 Å². The van der Waals surface area contributed by atoms with Crippen molar-refractivity contribution in [1.29, 1.82) is 0 Å². The number of nitrogens with zero attached hydrogens (tertiary/aromatic N) is 3. The Morgan fingerprint density at radius 3 is 2.56 bits per heavy atom. The summed E-state index contributed by atoms with van der Waals surface area (Å²) >= 11 is 5.41. The summed E-state index contributed by atoms with van der Waals surface area (Å²) in [6.07, 6.45) is 3.83. The fourth-order valence-corrected chi connectivity index (χ4v) is 2.56. The molecule has 0 aliphatic heterocycles. The number of halogens is 1. The molecule has 0 spiro atoms. The number of nitrogens with one attached hydrogen (secondary N) is 1. The second-order valence-corrected chi connectivity index (χ2v) is 6.16. The van der Waals surface area contributed by atoms with Gasteiger partial charge in [-0.15, -0.1) is 0 Å². The molecule has 0 atom stereocenters. The number of aromatic nitrogens is 2. The lowest BCUT2D eigenvalue weighted by Crippen LogP contribution is -2.36. The molecule has 0 aliphatic carbocycles. The van der Waals surface area contributed by atoms with Crippen molar-refractivity contribution < 1.29 is 4.39 Å². The molecule has 0 fully saturated rings.